The molecule has 0 spiro atoms. The van der Waals surface area contributed by atoms with Crippen molar-refractivity contribution in [2.45, 2.75) is 19.3 Å². The summed E-state index contributed by atoms with van der Waals surface area (Å²) < 4.78 is 0. The molecule has 0 amide bonds. The first-order valence-corrected chi connectivity index (χ1v) is 6.32. The lowest BCUT2D eigenvalue weighted by Crippen LogP contribution is -1.97. The van der Waals surface area contributed by atoms with Crippen LogP contribution in [-0.4, -0.2) is 11.1 Å². The van der Waals surface area contributed by atoms with Gasteiger partial charge in [-0.1, -0.05) is 42.5 Å². The van der Waals surface area contributed by atoms with Crippen molar-refractivity contribution in [2.24, 2.45) is 0 Å². The van der Waals surface area contributed by atoms with E-state index in [0.29, 0.717) is 6.42 Å². The Balaban J connectivity index is 2.11. The number of anilines is 1. The van der Waals surface area contributed by atoms with Gasteiger partial charge < -0.3 is 10.8 Å². The van der Waals surface area contributed by atoms with Crippen LogP contribution in [0.1, 0.15) is 18.4 Å². The van der Waals surface area contributed by atoms with E-state index in [-0.39, 0.29) is 6.42 Å². The van der Waals surface area contributed by atoms with Gasteiger partial charge in [-0.15, -0.1) is 0 Å². The van der Waals surface area contributed by atoms with Gasteiger partial charge in [0.2, 0.25) is 0 Å². The Labute approximate surface area is 112 Å². The third-order valence-corrected chi connectivity index (χ3v) is 3.06. The predicted octanol–water partition coefficient (Wildman–Crippen LogP) is 3.34. The summed E-state index contributed by atoms with van der Waals surface area (Å²) in [6, 6.07) is 15.9. The maximum Gasteiger partial charge on any atom is 0.303 e. The Morgan fingerprint density at radius 2 is 1.84 bits per heavy atom. The summed E-state index contributed by atoms with van der Waals surface area (Å²) in [6.07, 6.45) is 1.57. The zero-order valence-corrected chi connectivity index (χ0v) is 10.7. The van der Waals surface area contributed by atoms with Crippen LogP contribution >= 0.6 is 0 Å². The van der Waals surface area contributed by atoms with Crippen molar-refractivity contribution in [3.05, 3.63) is 54.1 Å². The fourth-order valence-electron chi connectivity index (χ4n) is 2.09. The molecular formula is C16H17NO2. The lowest BCUT2D eigenvalue weighted by atomic mass is 9.99. The van der Waals surface area contributed by atoms with Crippen molar-refractivity contribution in [2.75, 3.05) is 5.73 Å². The average Bonchev–Trinajstić information content (AvgIpc) is 2.39. The first kappa shape index (κ1) is 13.1. The highest BCUT2D eigenvalue weighted by Crippen LogP contribution is 2.26. The van der Waals surface area contributed by atoms with Crippen LogP contribution in [0.2, 0.25) is 0 Å². The van der Waals surface area contributed by atoms with Gasteiger partial charge in [0.15, 0.2) is 0 Å². The Morgan fingerprint density at radius 3 is 2.47 bits per heavy atom. The first-order chi connectivity index (χ1) is 9.16. The largest absolute Gasteiger partial charge is 0.481 e. The molecule has 0 heterocycles. The highest BCUT2D eigenvalue weighted by atomic mass is 16.4. The molecule has 0 bridgehead atoms. The number of hydrogen-bond donors (Lipinski definition) is 2. The van der Waals surface area contributed by atoms with Crippen molar-refractivity contribution in [3.8, 4) is 11.1 Å². The molecule has 0 radical (unpaired) electrons. The molecule has 0 aliphatic carbocycles. The van der Waals surface area contributed by atoms with E-state index in [9.17, 15) is 4.79 Å². The van der Waals surface area contributed by atoms with Gasteiger partial charge in [-0.2, -0.15) is 0 Å². The van der Waals surface area contributed by atoms with Gasteiger partial charge in [-0.25, -0.2) is 0 Å². The molecule has 0 saturated heterocycles. The number of carboxylic acids is 1. The zero-order valence-electron chi connectivity index (χ0n) is 10.7. The van der Waals surface area contributed by atoms with E-state index in [0.717, 1.165) is 28.8 Å². The molecule has 0 saturated carbocycles. The monoisotopic (exact) mass is 255 g/mol. The predicted molar refractivity (Wildman–Crippen MR) is 76.9 cm³/mol. The fraction of sp³-hybridized carbons (Fsp3) is 0.188. The minimum Gasteiger partial charge on any atom is -0.481 e. The first-order valence-electron chi connectivity index (χ1n) is 6.32. The molecule has 19 heavy (non-hydrogen) atoms. The van der Waals surface area contributed by atoms with Crippen LogP contribution < -0.4 is 5.73 Å². The average molecular weight is 255 g/mol. The molecule has 0 aliphatic rings. The third kappa shape index (κ3) is 3.58. The van der Waals surface area contributed by atoms with Crippen molar-refractivity contribution in [3.63, 3.8) is 0 Å². The minimum atomic E-state index is -0.756. The van der Waals surface area contributed by atoms with Gasteiger partial charge in [-0.05, 0) is 30.0 Å². The van der Waals surface area contributed by atoms with E-state index in [4.69, 9.17) is 10.8 Å². The molecule has 2 aromatic rings. The number of hydrogen-bond acceptors (Lipinski definition) is 2. The molecule has 0 atom stereocenters. The minimum absolute atomic E-state index is 0.195. The topological polar surface area (TPSA) is 63.3 Å². The third-order valence-electron chi connectivity index (χ3n) is 3.06. The number of carboxylic acid groups (broad SMARTS) is 1. The molecule has 2 rings (SSSR count). The van der Waals surface area contributed by atoms with Crippen LogP contribution in [0.25, 0.3) is 11.1 Å². The molecule has 0 aromatic heterocycles. The fourth-order valence-corrected chi connectivity index (χ4v) is 2.09. The molecule has 2 aromatic carbocycles. The SMILES string of the molecule is Nc1cc(CCCC(=O)O)ccc1-c1ccccc1. The Morgan fingerprint density at radius 1 is 1.11 bits per heavy atom. The van der Waals surface area contributed by atoms with Crippen molar-refractivity contribution in [1.82, 2.24) is 0 Å². The second-order valence-electron chi connectivity index (χ2n) is 4.53. The molecule has 3 nitrogen and oxygen atoms in total. The lowest BCUT2D eigenvalue weighted by molar-refractivity contribution is -0.137. The van der Waals surface area contributed by atoms with Crippen LogP contribution in [0.15, 0.2) is 48.5 Å². The maximum absolute atomic E-state index is 10.5. The summed E-state index contributed by atoms with van der Waals surface area (Å²) in [7, 11) is 0. The normalized spacial score (nSPS) is 10.3. The van der Waals surface area contributed by atoms with Gasteiger partial charge in [0.05, 0.1) is 0 Å². The molecule has 3 N–H and O–H groups in total. The number of nitrogen functional groups attached to an aromatic ring is 1. The van der Waals surface area contributed by atoms with Crippen LogP contribution in [0.3, 0.4) is 0 Å². The van der Waals surface area contributed by atoms with E-state index in [1.165, 1.54) is 0 Å². The maximum atomic E-state index is 10.5. The van der Waals surface area contributed by atoms with Gasteiger partial charge in [-0.3, -0.25) is 4.79 Å². The Bertz CT molecular complexity index is 564. The number of nitrogens with two attached hydrogens (primary N) is 1. The molecule has 0 fully saturated rings. The number of aliphatic carboxylic acids is 1. The lowest BCUT2D eigenvalue weighted by Gasteiger charge is -2.08. The van der Waals surface area contributed by atoms with E-state index < -0.39 is 5.97 Å². The summed E-state index contributed by atoms with van der Waals surface area (Å²) in [5, 5.41) is 8.61. The number of aryl methyl sites for hydroxylation is 1. The summed E-state index contributed by atoms with van der Waals surface area (Å²) in [4.78, 5) is 10.5. The highest BCUT2D eigenvalue weighted by Gasteiger charge is 2.04. The van der Waals surface area contributed by atoms with Crippen molar-refractivity contribution in [1.29, 1.82) is 0 Å². The van der Waals surface area contributed by atoms with Crippen molar-refractivity contribution >= 4 is 11.7 Å². The molecule has 0 unspecified atom stereocenters. The summed E-state index contributed by atoms with van der Waals surface area (Å²) in [6.45, 7) is 0. The smallest absolute Gasteiger partial charge is 0.303 e. The van der Waals surface area contributed by atoms with Gasteiger partial charge >= 0.3 is 5.97 Å². The van der Waals surface area contributed by atoms with Crippen molar-refractivity contribution < 1.29 is 9.90 Å². The molecular weight excluding hydrogens is 238 g/mol. The van der Waals surface area contributed by atoms with Crippen LogP contribution in [0.4, 0.5) is 5.69 Å². The number of benzene rings is 2. The van der Waals surface area contributed by atoms with Gasteiger partial charge in [0.25, 0.3) is 0 Å². The Hall–Kier alpha value is -2.29. The van der Waals surface area contributed by atoms with E-state index in [1.54, 1.807) is 0 Å². The molecule has 98 valence electrons. The highest BCUT2D eigenvalue weighted by molar-refractivity contribution is 5.76. The van der Waals surface area contributed by atoms with Gasteiger partial charge in [0, 0.05) is 17.7 Å². The number of carbonyl (C=O) groups is 1. The van der Waals surface area contributed by atoms with E-state index >= 15 is 0 Å². The second-order valence-corrected chi connectivity index (χ2v) is 4.53. The van der Waals surface area contributed by atoms with Crippen LogP contribution in [0.5, 0.6) is 0 Å². The summed E-state index contributed by atoms with van der Waals surface area (Å²) >= 11 is 0. The number of rotatable bonds is 5. The molecule has 3 heteroatoms. The van der Waals surface area contributed by atoms with Crippen LogP contribution in [-0.2, 0) is 11.2 Å². The van der Waals surface area contributed by atoms with Gasteiger partial charge in [0.1, 0.15) is 0 Å². The Kier molecular flexibility index (Phi) is 4.18. The zero-order chi connectivity index (χ0) is 13.7. The summed E-state index contributed by atoms with van der Waals surface area (Å²) in [5.41, 5.74) is 10.00. The van der Waals surface area contributed by atoms with Crippen LogP contribution in [0, 0.1) is 0 Å². The quantitative estimate of drug-likeness (QED) is 0.805. The second kappa shape index (κ2) is 6.05. The summed E-state index contributed by atoms with van der Waals surface area (Å²) in [5.74, 6) is -0.756. The van der Waals surface area contributed by atoms with E-state index in [1.807, 2.05) is 48.5 Å². The standard InChI is InChI=1S/C16H17NO2/c17-15-11-12(5-4-8-16(18)19)9-10-14(15)13-6-2-1-3-7-13/h1-3,6-7,9-11H,4-5,8,17H2,(H,18,19). The molecule has 0 aliphatic heterocycles. The van der Waals surface area contributed by atoms with E-state index in [2.05, 4.69) is 0 Å².